The van der Waals surface area contributed by atoms with Gasteiger partial charge in [0.25, 0.3) is 0 Å². The third kappa shape index (κ3) is 16.3. The van der Waals surface area contributed by atoms with E-state index in [4.69, 9.17) is 4.74 Å². The molecule has 1 aliphatic rings. The lowest BCUT2D eigenvalue weighted by molar-refractivity contribution is -0.129. The number of rotatable bonds is 29. The van der Waals surface area contributed by atoms with Crippen LogP contribution in [0.1, 0.15) is 142 Å². The number of benzene rings is 3. The summed E-state index contributed by atoms with van der Waals surface area (Å²) in [5, 5.41) is 15.9. The number of anilines is 4. The maximum Gasteiger partial charge on any atom is 0.326 e. The van der Waals surface area contributed by atoms with Crippen molar-refractivity contribution in [1.82, 2.24) is 16.0 Å². The molecular formula is C48H72N6O4. The monoisotopic (exact) mass is 797 g/mol. The maximum absolute atomic E-state index is 13.6. The molecule has 3 aromatic rings. The second-order valence-electron chi connectivity index (χ2n) is 15.6. The number of unbranched alkanes of at least 4 members (excludes halogenated alkanes) is 15. The van der Waals surface area contributed by atoms with E-state index >= 15 is 0 Å². The zero-order valence-electron chi connectivity index (χ0n) is 35.8. The van der Waals surface area contributed by atoms with Crippen molar-refractivity contribution in [3.63, 3.8) is 0 Å². The molecule has 1 aliphatic heterocycles. The van der Waals surface area contributed by atoms with Gasteiger partial charge in [0.2, 0.25) is 11.8 Å². The summed E-state index contributed by atoms with van der Waals surface area (Å²) in [4.78, 5) is 41.2. The number of ether oxygens (including phenoxy) is 1. The normalized spacial score (nSPS) is 12.2. The highest BCUT2D eigenvalue weighted by Crippen LogP contribution is 2.48. The molecule has 1 heterocycles. The molecule has 0 spiro atoms. The summed E-state index contributed by atoms with van der Waals surface area (Å²) >= 11 is 0. The number of amides is 4. The molecule has 10 nitrogen and oxygen atoms in total. The Balaban J connectivity index is 1.06. The molecule has 1 atom stereocenters. The molecule has 0 bridgehead atoms. The van der Waals surface area contributed by atoms with E-state index in [0.717, 1.165) is 92.8 Å². The average molecular weight is 797 g/mol. The van der Waals surface area contributed by atoms with Crippen LogP contribution in [0.3, 0.4) is 0 Å². The van der Waals surface area contributed by atoms with Gasteiger partial charge < -0.3 is 31.3 Å². The van der Waals surface area contributed by atoms with Gasteiger partial charge in [-0.2, -0.15) is 0 Å². The fourth-order valence-corrected chi connectivity index (χ4v) is 7.50. The van der Waals surface area contributed by atoms with Gasteiger partial charge in [0.05, 0.1) is 11.4 Å². The van der Waals surface area contributed by atoms with Crippen LogP contribution in [0.25, 0.3) is 0 Å². The van der Waals surface area contributed by atoms with Crippen molar-refractivity contribution >= 4 is 40.6 Å². The van der Waals surface area contributed by atoms with Crippen LogP contribution in [0, 0.1) is 0 Å². The summed E-state index contributed by atoms with van der Waals surface area (Å²) in [6.45, 7) is 9.18. The van der Waals surface area contributed by atoms with E-state index in [1.165, 1.54) is 57.8 Å². The number of carbonyl (C=O) groups excluding carboxylic acids is 3. The van der Waals surface area contributed by atoms with E-state index in [1.807, 2.05) is 66.7 Å². The molecule has 318 valence electrons. The molecule has 0 radical (unpaired) electrons. The van der Waals surface area contributed by atoms with Crippen LogP contribution >= 0.6 is 0 Å². The molecule has 4 amide bonds. The van der Waals surface area contributed by atoms with E-state index in [1.54, 1.807) is 4.90 Å². The summed E-state index contributed by atoms with van der Waals surface area (Å²) in [6.07, 6.45) is 20.3. The summed E-state index contributed by atoms with van der Waals surface area (Å²) in [7, 11) is 0. The van der Waals surface area contributed by atoms with Crippen molar-refractivity contribution in [2.45, 2.75) is 149 Å². The lowest BCUT2D eigenvalue weighted by Gasteiger charge is -2.32. The third-order valence-corrected chi connectivity index (χ3v) is 10.7. The smallest absolute Gasteiger partial charge is 0.326 e. The second kappa shape index (κ2) is 27.0. The van der Waals surface area contributed by atoms with Gasteiger partial charge >= 0.3 is 6.03 Å². The van der Waals surface area contributed by atoms with Gasteiger partial charge in [-0.1, -0.05) is 127 Å². The highest BCUT2D eigenvalue weighted by molar-refractivity contribution is 6.04. The van der Waals surface area contributed by atoms with Crippen LogP contribution in [0.15, 0.2) is 66.7 Å². The Morgan fingerprint density at radius 3 is 1.62 bits per heavy atom. The van der Waals surface area contributed by atoms with Gasteiger partial charge in [-0.05, 0) is 62.9 Å². The van der Waals surface area contributed by atoms with Gasteiger partial charge in [0.15, 0.2) is 11.5 Å². The molecule has 0 fully saturated rings. The van der Waals surface area contributed by atoms with E-state index in [-0.39, 0.29) is 17.8 Å². The Bertz CT molecular complexity index is 1590. The molecule has 10 heteroatoms. The number of hydrogen-bond acceptors (Lipinski definition) is 6. The molecule has 0 saturated heterocycles. The number of carbonyl (C=O) groups is 3. The molecular weight excluding hydrogens is 725 g/mol. The minimum Gasteiger partial charge on any atom is -0.453 e. The average Bonchev–Trinajstić information content (AvgIpc) is 3.22. The first-order valence-electron chi connectivity index (χ1n) is 22.6. The Labute approximate surface area is 349 Å². The van der Waals surface area contributed by atoms with Crippen molar-refractivity contribution in [3.05, 3.63) is 72.3 Å². The summed E-state index contributed by atoms with van der Waals surface area (Å²) < 4.78 is 6.29. The topological polar surface area (TPSA) is 124 Å². The molecule has 0 unspecified atom stereocenters. The second-order valence-corrected chi connectivity index (χ2v) is 15.6. The first-order chi connectivity index (χ1) is 28.4. The zero-order valence-corrected chi connectivity index (χ0v) is 35.8. The SMILES string of the molecule is CCCCCCCCCC(=O)N[C@@H](Cc1ccccc1)C(=O)NCCCCCCCCCCCCNC(=O)N1c2ccc(NCC)cc2Oc2cc(NCC)ccc21. The number of hydrogen-bond donors (Lipinski definition) is 5. The Hall–Kier alpha value is -4.73. The van der Waals surface area contributed by atoms with E-state index in [2.05, 4.69) is 47.4 Å². The molecule has 3 aromatic carbocycles. The van der Waals surface area contributed by atoms with Crippen LogP contribution in [0.2, 0.25) is 0 Å². The summed E-state index contributed by atoms with van der Waals surface area (Å²) in [6, 6.07) is 21.0. The van der Waals surface area contributed by atoms with Crippen LogP contribution in [0.5, 0.6) is 11.5 Å². The van der Waals surface area contributed by atoms with Gasteiger partial charge in [-0.3, -0.25) is 14.5 Å². The minimum absolute atomic E-state index is 0.0314. The van der Waals surface area contributed by atoms with Crippen molar-refractivity contribution in [3.8, 4) is 11.5 Å². The molecule has 0 saturated carbocycles. The number of urea groups is 1. The predicted octanol–water partition coefficient (Wildman–Crippen LogP) is 11.4. The fourth-order valence-electron chi connectivity index (χ4n) is 7.50. The number of fused-ring (bicyclic) bond motifs is 2. The lowest BCUT2D eigenvalue weighted by Crippen LogP contribution is -2.48. The molecule has 0 aliphatic carbocycles. The Morgan fingerprint density at radius 1 is 0.586 bits per heavy atom. The van der Waals surface area contributed by atoms with E-state index in [9.17, 15) is 14.4 Å². The van der Waals surface area contributed by atoms with Crippen molar-refractivity contribution in [1.29, 1.82) is 0 Å². The fraction of sp³-hybridized carbons (Fsp3) is 0.562. The number of nitrogens with one attached hydrogen (secondary N) is 5. The molecule has 0 aromatic heterocycles. The lowest BCUT2D eigenvalue weighted by atomic mass is 10.0. The van der Waals surface area contributed by atoms with Gasteiger partial charge in [-0.15, -0.1) is 0 Å². The van der Waals surface area contributed by atoms with Gasteiger partial charge in [0.1, 0.15) is 6.04 Å². The van der Waals surface area contributed by atoms with Gasteiger partial charge in [-0.25, -0.2) is 4.79 Å². The highest BCUT2D eigenvalue weighted by Gasteiger charge is 2.30. The standard InChI is InChI=1S/C48H72N6O4/c1-4-7-8-9-14-17-23-28-46(55)53-41(35-38-26-21-20-22-27-38)47(56)51-33-24-18-15-12-10-11-13-16-19-25-34-52-48(57)54-42-31-29-39(49-5-2)36-44(42)58-45-37-40(50-6-3)30-32-43(45)54/h20-22,26-27,29-32,36-37,41,49-50H,4-19,23-25,28,33-35H2,1-3H3,(H,51,56)(H,52,57)(H,53,55)/t41-/m0/s1. The first kappa shape index (κ1) is 46.0. The van der Waals surface area contributed by atoms with Crippen LogP contribution < -0.4 is 36.2 Å². The van der Waals surface area contributed by atoms with Gasteiger partial charge in [0, 0.05) is 62.5 Å². The Kier molecular flexibility index (Phi) is 21.4. The third-order valence-electron chi connectivity index (χ3n) is 10.7. The largest absolute Gasteiger partial charge is 0.453 e. The van der Waals surface area contributed by atoms with Crippen LogP contribution in [-0.2, 0) is 16.0 Å². The quantitative estimate of drug-likeness (QED) is 0.0446. The molecule has 58 heavy (non-hydrogen) atoms. The van der Waals surface area contributed by atoms with E-state index < -0.39 is 6.04 Å². The highest BCUT2D eigenvalue weighted by atomic mass is 16.5. The summed E-state index contributed by atoms with van der Waals surface area (Å²) in [5.74, 6) is 1.18. The van der Waals surface area contributed by atoms with Crippen molar-refractivity contribution in [2.75, 3.05) is 41.7 Å². The van der Waals surface area contributed by atoms with Crippen LogP contribution in [0.4, 0.5) is 27.5 Å². The summed E-state index contributed by atoms with van der Waals surface area (Å²) in [5.41, 5.74) is 4.42. The van der Waals surface area contributed by atoms with Crippen molar-refractivity contribution < 1.29 is 19.1 Å². The van der Waals surface area contributed by atoms with E-state index in [0.29, 0.717) is 37.4 Å². The maximum atomic E-state index is 13.6. The number of nitrogens with zero attached hydrogens (tertiary/aromatic N) is 1. The van der Waals surface area contributed by atoms with Crippen molar-refractivity contribution in [2.24, 2.45) is 0 Å². The minimum atomic E-state index is -0.552. The Morgan fingerprint density at radius 2 is 1.09 bits per heavy atom. The zero-order chi connectivity index (χ0) is 41.2. The molecule has 5 N–H and O–H groups in total. The van der Waals surface area contributed by atoms with Crippen LogP contribution in [-0.4, -0.2) is 50.1 Å². The predicted molar refractivity (Wildman–Crippen MR) is 241 cm³/mol. The first-order valence-corrected chi connectivity index (χ1v) is 22.6. The molecule has 4 rings (SSSR count).